The van der Waals surface area contributed by atoms with Gasteiger partial charge in [0.2, 0.25) is 0 Å². The van der Waals surface area contributed by atoms with Crippen molar-refractivity contribution in [3.05, 3.63) is 65.7 Å². The quantitative estimate of drug-likeness (QED) is 0.747. The van der Waals surface area contributed by atoms with E-state index in [0.717, 1.165) is 12.2 Å². The van der Waals surface area contributed by atoms with Crippen LogP contribution in [0.1, 0.15) is 22.8 Å². The second kappa shape index (κ2) is 6.01. The highest BCUT2D eigenvalue weighted by atomic mass is 16.5. The Hall–Kier alpha value is -2.09. The SMILES string of the molecule is CCc1ccc(C(=O)COc2ccccc2)cc1. The maximum Gasteiger partial charge on any atom is 0.200 e. The number of para-hydroxylation sites is 1. The zero-order valence-corrected chi connectivity index (χ0v) is 10.4. The first-order valence-electron chi connectivity index (χ1n) is 6.09. The highest BCUT2D eigenvalue weighted by Crippen LogP contribution is 2.10. The molecule has 2 nitrogen and oxygen atoms in total. The van der Waals surface area contributed by atoms with Crippen LogP contribution in [0.5, 0.6) is 5.75 Å². The highest BCUT2D eigenvalue weighted by molar-refractivity contribution is 5.97. The summed E-state index contributed by atoms with van der Waals surface area (Å²) in [5.41, 5.74) is 1.93. The summed E-state index contributed by atoms with van der Waals surface area (Å²) in [6, 6.07) is 17.0. The Labute approximate surface area is 107 Å². The molecule has 2 aromatic carbocycles. The molecule has 0 heterocycles. The topological polar surface area (TPSA) is 26.3 Å². The molecule has 0 aromatic heterocycles. The number of Topliss-reactive ketones (excluding diaryl/α,β-unsaturated/α-hetero) is 1. The zero-order chi connectivity index (χ0) is 12.8. The predicted molar refractivity (Wildman–Crippen MR) is 72.1 cm³/mol. The minimum Gasteiger partial charge on any atom is -0.485 e. The van der Waals surface area contributed by atoms with Gasteiger partial charge in [0.1, 0.15) is 5.75 Å². The van der Waals surface area contributed by atoms with E-state index in [1.807, 2.05) is 54.6 Å². The van der Waals surface area contributed by atoms with Crippen molar-refractivity contribution in [3.63, 3.8) is 0 Å². The summed E-state index contributed by atoms with van der Waals surface area (Å²) >= 11 is 0. The molecule has 0 aliphatic heterocycles. The second-order valence-electron chi connectivity index (χ2n) is 4.08. The van der Waals surface area contributed by atoms with Gasteiger partial charge in [0.15, 0.2) is 12.4 Å². The van der Waals surface area contributed by atoms with Crippen LogP contribution in [0.15, 0.2) is 54.6 Å². The minimum atomic E-state index is 0.00139. The number of hydrogen-bond donors (Lipinski definition) is 0. The van der Waals surface area contributed by atoms with E-state index in [1.54, 1.807) is 0 Å². The zero-order valence-electron chi connectivity index (χ0n) is 10.4. The van der Waals surface area contributed by atoms with E-state index in [1.165, 1.54) is 5.56 Å². The predicted octanol–water partition coefficient (Wildman–Crippen LogP) is 3.51. The molecule has 2 rings (SSSR count). The smallest absolute Gasteiger partial charge is 0.200 e. The fourth-order valence-corrected chi connectivity index (χ4v) is 1.68. The molecule has 0 radical (unpaired) electrons. The molecule has 2 heteroatoms. The molecule has 0 fully saturated rings. The van der Waals surface area contributed by atoms with E-state index in [0.29, 0.717) is 5.56 Å². The Kier molecular flexibility index (Phi) is 4.13. The number of ketones is 1. The van der Waals surface area contributed by atoms with Gasteiger partial charge >= 0.3 is 0 Å². The number of carbonyl (C=O) groups excluding carboxylic acids is 1. The fourth-order valence-electron chi connectivity index (χ4n) is 1.68. The lowest BCUT2D eigenvalue weighted by molar-refractivity contribution is 0.0921. The van der Waals surface area contributed by atoms with Gasteiger partial charge in [0, 0.05) is 5.56 Å². The van der Waals surface area contributed by atoms with Gasteiger partial charge in [0.05, 0.1) is 0 Å². The summed E-state index contributed by atoms with van der Waals surface area (Å²) in [4.78, 5) is 11.9. The normalized spacial score (nSPS) is 10.1. The van der Waals surface area contributed by atoms with E-state index in [4.69, 9.17) is 4.74 Å². The Bertz CT molecular complexity index is 500. The number of aryl methyl sites for hydroxylation is 1. The first-order valence-corrected chi connectivity index (χ1v) is 6.09. The van der Waals surface area contributed by atoms with Gasteiger partial charge in [-0.1, -0.05) is 49.4 Å². The average Bonchev–Trinajstić information content (AvgIpc) is 2.46. The van der Waals surface area contributed by atoms with Gasteiger partial charge in [-0.05, 0) is 24.1 Å². The van der Waals surface area contributed by atoms with Crippen LogP contribution in [-0.4, -0.2) is 12.4 Å². The van der Waals surface area contributed by atoms with Crippen LogP contribution in [0.3, 0.4) is 0 Å². The number of carbonyl (C=O) groups is 1. The third-order valence-electron chi connectivity index (χ3n) is 2.80. The third kappa shape index (κ3) is 3.20. The second-order valence-corrected chi connectivity index (χ2v) is 4.08. The first-order chi connectivity index (χ1) is 8.79. The summed E-state index contributed by atoms with van der Waals surface area (Å²) in [6.07, 6.45) is 0.981. The summed E-state index contributed by atoms with van der Waals surface area (Å²) in [6.45, 7) is 2.17. The molecule has 18 heavy (non-hydrogen) atoms. The molecule has 0 saturated carbocycles. The molecule has 0 N–H and O–H groups in total. The Morgan fingerprint density at radius 2 is 1.67 bits per heavy atom. The maximum absolute atomic E-state index is 11.9. The van der Waals surface area contributed by atoms with Crippen LogP contribution >= 0.6 is 0 Å². The average molecular weight is 240 g/mol. The highest BCUT2D eigenvalue weighted by Gasteiger charge is 2.06. The Morgan fingerprint density at radius 1 is 1.00 bits per heavy atom. The van der Waals surface area contributed by atoms with Crippen LogP contribution in [-0.2, 0) is 6.42 Å². The summed E-state index contributed by atoms with van der Waals surface area (Å²) in [5.74, 6) is 0.720. The number of benzene rings is 2. The number of rotatable bonds is 5. The molecular formula is C16H16O2. The third-order valence-corrected chi connectivity index (χ3v) is 2.80. The van der Waals surface area contributed by atoms with Crippen molar-refractivity contribution in [1.29, 1.82) is 0 Å². The van der Waals surface area contributed by atoms with Gasteiger partial charge < -0.3 is 4.74 Å². The molecule has 0 spiro atoms. The van der Waals surface area contributed by atoms with Crippen LogP contribution in [0.25, 0.3) is 0 Å². The van der Waals surface area contributed by atoms with E-state index in [2.05, 4.69) is 6.92 Å². The molecule has 0 aliphatic carbocycles. The van der Waals surface area contributed by atoms with Crippen molar-refractivity contribution in [3.8, 4) is 5.75 Å². The van der Waals surface area contributed by atoms with E-state index < -0.39 is 0 Å². The van der Waals surface area contributed by atoms with Crippen LogP contribution in [0.4, 0.5) is 0 Å². The minimum absolute atomic E-state index is 0.00139. The van der Waals surface area contributed by atoms with Crippen molar-refractivity contribution in [2.24, 2.45) is 0 Å². The van der Waals surface area contributed by atoms with Gasteiger partial charge in [0.25, 0.3) is 0 Å². The molecule has 0 bridgehead atoms. The van der Waals surface area contributed by atoms with Gasteiger partial charge in [-0.3, -0.25) is 4.79 Å². The summed E-state index contributed by atoms with van der Waals surface area (Å²) in [5, 5.41) is 0. The number of ether oxygens (including phenoxy) is 1. The van der Waals surface area contributed by atoms with Gasteiger partial charge in [-0.15, -0.1) is 0 Å². The van der Waals surface area contributed by atoms with Crippen molar-refractivity contribution in [2.75, 3.05) is 6.61 Å². The van der Waals surface area contributed by atoms with Crippen LogP contribution < -0.4 is 4.74 Å². The van der Waals surface area contributed by atoms with Crippen molar-refractivity contribution < 1.29 is 9.53 Å². The van der Waals surface area contributed by atoms with Crippen molar-refractivity contribution in [2.45, 2.75) is 13.3 Å². The lowest BCUT2D eigenvalue weighted by Gasteiger charge is -2.05. The fraction of sp³-hybridized carbons (Fsp3) is 0.188. The summed E-state index contributed by atoms with van der Waals surface area (Å²) in [7, 11) is 0. The monoisotopic (exact) mass is 240 g/mol. The summed E-state index contributed by atoms with van der Waals surface area (Å²) < 4.78 is 5.43. The number of hydrogen-bond acceptors (Lipinski definition) is 2. The Morgan fingerprint density at radius 3 is 2.28 bits per heavy atom. The molecular weight excluding hydrogens is 224 g/mol. The first kappa shape index (κ1) is 12.4. The van der Waals surface area contributed by atoms with Crippen LogP contribution in [0.2, 0.25) is 0 Å². The molecule has 0 saturated heterocycles. The molecule has 92 valence electrons. The largest absolute Gasteiger partial charge is 0.485 e. The molecule has 2 aromatic rings. The van der Waals surface area contributed by atoms with Crippen molar-refractivity contribution in [1.82, 2.24) is 0 Å². The molecule has 0 unspecified atom stereocenters. The standard InChI is InChI=1S/C16H16O2/c1-2-13-8-10-14(11-9-13)16(17)12-18-15-6-4-3-5-7-15/h3-11H,2,12H2,1H3. The van der Waals surface area contributed by atoms with Gasteiger partial charge in [-0.2, -0.15) is 0 Å². The lowest BCUT2D eigenvalue weighted by Crippen LogP contribution is -2.11. The van der Waals surface area contributed by atoms with E-state index >= 15 is 0 Å². The van der Waals surface area contributed by atoms with Crippen LogP contribution in [0, 0.1) is 0 Å². The molecule has 0 atom stereocenters. The maximum atomic E-state index is 11.9. The molecule has 0 aliphatic rings. The van der Waals surface area contributed by atoms with Gasteiger partial charge in [-0.25, -0.2) is 0 Å². The van der Waals surface area contributed by atoms with E-state index in [9.17, 15) is 4.79 Å². The Balaban J connectivity index is 1.95. The molecule has 0 amide bonds. The van der Waals surface area contributed by atoms with E-state index in [-0.39, 0.29) is 12.4 Å². The lowest BCUT2D eigenvalue weighted by atomic mass is 10.1. The van der Waals surface area contributed by atoms with Crippen molar-refractivity contribution >= 4 is 5.78 Å².